The van der Waals surface area contributed by atoms with Crippen molar-refractivity contribution in [1.82, 2.24) is 4.98 Å². The third-order valence-corrected chi connectivity index (χ3v) is 3.18. The molecule has 1 heterocycles. The third-order valence-electron chi connectivity index (χ3n) is 2.31. The Kier molecular flexibility index (Phi) is 3.06. The maximum Gasteiger partial charge on any atom is 0.307 e. The smallest absolute Gasteiger partial charge is 0.307 e. The topological polar surface area (TPSA) is 82.6 Å². The van der Waals surface area contributed by atoms with E-state index in [0.29, 0.717) is 17.0 Å². The molecule has 0 radical (unpaired) electrons. The molecule has 0 aliphatic rings. The lowest BCUT2D eigenvalue weighted by atomic mass is 10.1. The van der Waals surface area contributed by atoms with Crippen LogP contribution in [-0.4, -0.2) is 22.3 Å². The minimum absolute atomic E-state index is 0.0581. The summed E-state index contributed by atoms with van der Waals surface area (Å²) in [6.45, 7) is 0. The summed E-state index contributed by atoms with van der Waals surface area (Å²) in [7, 11) is 1.46. The van der Waals surface area contributed by atoms with E-state index in [1.165, 1.54) is 13.2 Å². The average molecular weight is 253 g/mol. The van der Waals surface area contributed by atoms with Crippen LogP contribution in [0.2, 0.25) is 0 Å². The summed E-state index contributed by atoms with van der Waals surface area (Å²) < 4.78 is 4.98. The summed E-state index contributed by atoms with van der Waals surface area (Å²) in [5.41, 5.74) is 0.838. The zero-order valence-electron chi connectivity index (χ0n) is 9.06. The SMILES string of the molecule is COc1cc(Cc2sc(=O)[nH]c2O)ccc1O. The van der Waals surface area contributed by atoms with Crippen molar-refractivity contribution < 1.29 is 14.9 Å². The quantitative estimate of drug-likeness (QED) is 0.773. The molecule has 0 spiro atoms. The van der Waals surface area contributed by atoms with Crippen molar-refractivity contribution in [2.24, 2.45) is 0 Å². The van der Waals surface area contributed by atoms with Crippen LogP contribution in [-0.2, 0) is 6.42 Å². The van der Waals surface area contributed by atoms with Gasteiger partial charge in [0.2, 0.25) is 5.88 Å². The van der Waals surface area contributed by atoms with Gasteiger partial charge in [0.15, 0.2) is 11.5 Å². The first-order chi connectivity index (χ1) is 8.10. The highest BCUT2D eigenvalue weighted by Gasteiger charge is 2.09. The molecule has 0 fully saturated rings. The molecule has 90 valence electrons. The molecule has 1 aromatic heterocycles. The van der Waals surface area contributed by atoms with Crippen LogP contribution in [0.1, 0.15) is 10.4 Å². The molecule has 3 N–H and O–H groups in total. The van der Waals surface area contributed by atoms with Gasteiger partial charge < -0.3 is 14.9 Å². The molecule has 5 nitrogen and oxygen atoms in total. The fraction of sp³-hybridized carbons (Fsp3) is 0.182. The van der Waals surface area contributed by atoms with Gasteiger partial charge in [-0.1, -0.05) is 17.4 Å². The minimum atomic E-state index is -0.289. The van der Waals surface area contributed by atoms with Gasteiger partial charge in [0.25, 0.3) is 0 Å². The zero-order valence-corrected chi connectivity index (χ0v) is 9.87. The van der Waals surface area contributed by atoms with E-state index in [4.69, 9.17) is 4.74 Å². The number of phenols is 1. The molecule has 2 aromatic rings. The second kappa shape index (κ2) is 4.50. The monoisotopic (exact) mass is 253 g/mol. The maximum atomic E-state index is 11.0. The van der Waals surface area contributed by atoms with Crippen molar-refractivity contribution in [2.45, 2.75) is 6.42 Å². The number of hydrogen-bond acceptors (Lipinski definition) is 5. The fourth-order valence-electron chi connectivity index (χ4n) is 1.49. The Balaban J connectivity index is 2.30. The van der Waals surface area contributed by atoms with Gasteiger partial charge in [0.05, 0.1) is 12.0 Å². The van der Waals surface area contributed by atoms with Crippen LogP contribution in [0, 0.1) is 0 Å². The number of rotatable bonds is 3. The highest BCUT2D eigenvalue weighted by atomic mass is 32.1. The number of aromatic hydroxyl groups is 2. The molecule has 0 amide bonds. The van der Waals surface area contributed by atoms with Crippen molar-refractivity contribution in [2.75, 3.05) is 7.11 Å². The van der Waals surface area contributed by atoms with Crippen molar-refractivity contribution in [3.63, 3.8) is 0 Å². The Morgan fingerprint density at radius 1 is 1.41 bits per heavy atom. The molecule has 1 aromatic carbocycles. The summed E-state index contributed by atoms with van der Waals surface area (Å²) in [5.74, 6) is 0.319. The van der Waals surface area contributed by atoms with Crippen LogP contribution in [0.3, 0.4) is 0 Å². The number of methoxy groups -OCH3 is 1. The molecule has 17 heavy (non-hydrogen) atoms. The van der Waals surface area contributed by atoms with Crippen LogP contribution < -0.4 is 9.61 Å². The van der Waals surface area contributed by atoms with E-state index in [1.54, 1.807) is 12.1 Å². The van der Waals surface area contributed by atoms with Crippen molar-refractivity contribution in [3.05, 3.63) is 38.3 Å². The molecule has 0 unspecified atom stereocenters. The Labute approximate surface area is 101 Å². The lowest BCUT2D eigenvalue weighted by Crippen LogP contribution is -1.89. The van der Waals surface area contributed by atoms with Gasteiger partial charge in [-0.25, -0.2) is 0 Å². The lowest BCUT2D eigenvalue weighted by molar-refractivity contribution is 0.373. The van der Waals surface area contributed by atoms with Gasteiger partial charge in [0.1, 0.15) is 0 Å². The highest BCUT2D eigenvalue weighted by Crippen LogP contribution is 2.28. The molecule has 0 aliphatic heterocycles. The summed E-state index contributed by atoms with van der Waals surface area (Å²) in [6, 6.07) is 4.89. The second-order valence-corrected chi connectivity index (χ2v) is 4.54. The zero-order chi connectivity index (χ0) is 12.4. The minimum Gasteiger partial charge on any atom is -0.504 e. The summed E-state index contributed by atoms with van der Waals surface area (Å²) >= 11 is 0.962. The molecule has 0 atom stereocenters. The first kappa shape index (κ1) is 11.5. The maximum absolute atomic E-state index is 11.0. The van der Waals surface area contributed by atoms with E-state index >= 15 is 0 Å². The van der Waals surface area contributed by atoms with E-state index in [2.05, 4.69) is 4.98 Å². The van der Waals surface area contributed by atoms with Crippen LogP contribution in [0.4, 0.5) is 0 Å². The second-order valence-electron chi connectivity index (χ2n) is 3.47. The van der Waals surface area contributed by atoms with Crippen LogP contribution >= 0.6 is 11.3 Å². The molecule has 0 saturated carbocycles. The summed E-state index contributed by atoms with van der Waals surface area (Å²) in [5, 5.41) is 18.9. The average Bonchev–Trinajstić information content (AvgIpc) is 2.60. The first-order valence-corrected chi connectivity index (χ1v) is 5.68. The summed E-state index contributed by atoms with van der Waals surface area (Å²) in [6.07, 6.45) is 0.409. The molecule has 0 aliphatic carbocycles. The van der Waals surface area contributed by atoms with Crippen molar-refractivity contribution >= 4 is 11.3 Å². The third kappa shape index (κ3) is 2.42. The molecule has 0 bridgehead atoms. The van der Waals surface area contributed by atoms with Gasteiger partial charge >= 0.3 is 4.87 Å². The number of hydrogen-bond donors (Lipinski definition) is 3. The van der Waals surface area contributed by atoms with E-state index < -0.39 is 0 Å². The van der Waals surface area contributed by atoms with Gasteiger partial charge in [0, 0.05) is 6.42 Å². The van der Waals surface area contributed by atoms with Crippen LogP contribution in [0.25, 0.3) is 0 Å². The Hall–Kier alpha value is -1.95. The van der Waals surface area contributed by atoms with E-state index in [-0.39, 0.29) is 16.5 Å². The van der Waals surface area contributed by atoms with Gasteiger partial charge in [-0.2, -0.15) is 0 Å². The molecular formula is C11H11NO4S. The standard InChI is InChI=1S/C11H11NO4S/c1-16-8-4-6(2-3-7(8)13)5-9-10(14)12-11(15)17-9/h2-4,13-14H,5H2,1H3,(H,12,15). The number of H-pyrrole nitrogens is 1. The molecular weight excluding hydrogens is 242 g/mol. The van der Waals surface area contributed by atoms with Crippen LogP contribution in [0.5, 0.6) is 17.4 Å². The predicted molar refractivity (Wildman–Crippen MR) is 64.1 cm³/mol. The number of ether oxygens (including phenoxy) is 1. The number of thiazole rings is 1. The highest BCUT2D eigenvalue weighted by molar-refractivity contribution is 7.09. The predicted octanol–water partition coefficient (Wildman–Crippen LogP) is 1.45. The molecule has 2 rings (SSSR count). The van der Waals surface area contributed by atoms with E-state index in [1.807, 2.05) is 0 Å². The Morgan fingerprint density at radius 3 is 2.76 bits per heavy atom. The fourth-order valence-corrected chi connectivity index (χ4v) is 2.25. The molecule has 6 heteroatoms. The van der Waals surface area contributed by atoms with E-state index in [0.717, 1.165) is 16.9 Å². The Bertz CT molecular complexity index is 587. The van der Waals surface area contributed by atoms with Gasteiger partial charge in [-0.15, -0.1) is 0 Å². The number of aromatic nitrogens is 1. The Morgan fingerprint density at radius 2 is 2.18 bits per heavy atom. The largest absolute Gasteiger partial charge is 0.504 e. The van der Waals surface area contributed by atoms with E-state index in [9.17, 15) is 15.0 Å². The van der Waals surface area contributed by atoms with Crippen LogP contribution in [0.15, 0.2) is 23.0 Å². The van der Waals surface area contributed by atoms with Crippen molar-refractivity contribution in [3.8, 4) is 17.4 Å². The number of nitrogens with one attached hydrogen (secondary N) is 1. The molecule has 0 saturated heterocycles. The number of aromatic amines is 1. The first-order valence-electron chi connectivity index (χ1n) is 4.87. The van der Waals surface area contributed by atoms with Gasteiger partial charge in [-0.3, -0.25) is 9.78 Å². The number of phenolic OH excluding ortho intramolecular Hbond substituents is 1. The number of benzene rings is 1. The summed E-state index contributed by atoms with van der Waals surface area (Å²) in [4.78, 5) is 13.6. The van der Waals surface area contributed by atoms with Gasteiger partial charge in [-0.05, 0) is 17.7 Å². The lowest BCUT2D eigenvalue weighted by Gasteiger charge is -2.05. The normalized spacial score (nSPS) is 10.4. The van der Waals surface area contributed by atoms with Crippen molar-refractivity contribution in [1.29, 1.82) is 0 Å².